The smallest absolute Gasteiger partial charge is 0.123 e. The lowest BCUT2D eigenvalue weighted by molar-refractivity contribution is 0.0643. The van der Waals surface area contributed by atoms with Gasteiger partial charge in [-0.15, -0.1) is 0 Å². The number of ether oxygens (including phenoxy) is 1. The first kappa shape index (κ1) is 24.8. The SMILES string of the molecule is CCCCCCC(C)(C)c1ccc(C2CC(O)CC(CO)C2)c(OCc2ccccc2)c1. The molecule has 1 saturated carbocycles. The molecule has 3 rings (SSSR count). The van der Waals surface area contributed by atoms with Crippen LogP contribution in [0.15, 0.2) is 48.5 Å². The van der Waals surface area contributed by atoms with Gasteiger partial charge in [0.05, 0.1) is 6.10 Å². The Balaban J connectivity index is 1.84. The van der Waals surface area contributed by atoms with E-state index in [1.54, 1.807) is 0 Å². The van der Waals surface area contributed by atoms with E-state index in [9.17, 15) is 10.2 Å². The van der Waals surface area contributed by atoms with Gasteiger partial charge in [-0.05, 0) is 65.7 Å². The van der Waals surface area contributed by atoms with Gasteiger partial charge in [0.2, 0.25) is 0 Å². The minimum Gasteiger partial charge on any atom is -0.489 e. The third-order valence-electron chi connectivity index (χ3n) is 7.17. The van der Waals surface area contributed by atoms with Crippen LogP contribution in [0.3, 0.4) is 0 Å². The molecule has 2 aromatic rings. The summed E-state index contributed by atoms with van der Waals surface area (Å²) in [6.07, 6.45) is 8.23. The molecule has 1 aliphatic carbocycles. The van der Waals surface area contributed by atoms with Crippen molar-refractivity contribution in [1.82, 2.24) is 0 Å². The summed E-state index contributed by atoms with van der Waals surface area (Å²) >= 11 is 0. The highest BCUT2D eigenvalue weighted by Gasteiger charge is 2.31. The molecule has 2 aromatic carbocycles. The van der Waals surface area contributed by atoms with Gasteiger partial charge in [-0.1, -0.05) is 88.9 Å². The van der Waals surface area contributed by atoms with Gasteiger partial charge in [0.1, 0.15) is 12.4 Å². The molecule has 1 aliphatic rings. The molecule has 0 bridgehead atoms. The van der Waals surface area contributed by atoms with Crippen LogP contribution in [0.5, 0.6) is 5.75 Å². The second-order valence-corrected chi connectivity index (χ2v) is 10.3. The Labute approximate surface area is 194 Å². The fourth-order valence-electron chi connectivity index (χ4n) is 5.10. The quantitative estimate of drug-likeness (QED) is 0.381. The summed E-state index contributed by atoms with van der Waals surface area (Å²) in [6.45, 7) is 7.59. The average Bonchev–Trinajstić information content (AvgIpc) is 2.80. The Morgan fingerprint density at radius 3 is 2.47 bits per heavy atom. The number of rotatable bonds is 11. The van der Waals surface area contributed by atoms with E-state index in [1.165, 1.54) is 43.2 Å². The highest BCUT2D eigenvalue weighted by atomic mass is 16.5. The summed E-state index contributed by atoms with van der Waals surface area (Å²) in [5.74, 6) is 1.30. The van der Waals surface area contributed by atoms with Crippen molar-refractivity contribution in [1.29, 1.82) is 0 Å². The molecule has 0 amide bonds. The van der Waals surface area contributed by atoms with Crippen LogP contribution in [0.25, 0.3) is 0 Å². The van der Waals surface area contributed by atoms with E-state index in [4.69, 9.17) is 4.74 Å². The van der Waals surface area contributed by atoms with Crippen LogP contribution in [0.2, 0.25) is 0 Å². The molecule has 0 spiro atoms. The van der Waals surface area contributed by atoms with E-state index in [2.05, 4.69) is 51.1 Å². The first-order chi connectivity index (χ1) is 15.4. The highest BCUT2D eigenvalue weighted by molar-refractivity contribution is 5.43. The second-order valence-electron chi connectivity index (χ2n) is 10.3. The van der Waals surface area contributed by atoms with Crippen LogP contribution in [0.1, 0.15) is 94.7 Å². The summed E-state index contributed by atoms with van der Waals surface area (Å²) in [7, 11) is 0. The molecular weight excluding hydrogens is 396 g/mol. The zero-order valence-corrected chi connectivity index (χ0v) is 20.2. The Bertz CT molecular complexity index is 814. The van der Waals surface area contributed by atoms with E-state index in [-0.39, 0.29) is 30.0 Å². The van der Waals surface area contributed by atoms with Crippen LogP contribution in [-0.2, 0) is 12.0 Å². The molecule has 1 fully saturated rings. The minimum atomic E-state index is -0.359. The predicted molar refractivity (Wildman–Crippen MR) is 132 cm³/mol. The topological polar surface area (TPSA) is 49.7 Å². The first-order valence-corrected chi connectivity index (χ1v) is 12.5. The fourth-order valence-corrected chi connectivity index (χ4v) is 5.10. The molecule has 176 valence electrons. The standard InChI is InChI=1S/C29H42O3/c1-4-5-6-10-15-29(2,3)25-13-14-27(24-16-23(20-30)17-26(31)18-24)28(19-25)32-21-22-11-8-7-9-12-22/h7-9,11-14,19,23-24,26,30-31H,4-6,10,15-18,20-21H2,1-3H3. The second kappa shape index (κ2) is 11.9. The van der Waals surface area contributed by atoms with Gasteiger partial charge in [0.25, 0.3) is 0 Å². The largest absolute Gasteiger partial charge is 0.489 e. The summed E-state index contributed by atoms with van der Waals surface area (Å²) in [4.78, 5) is 0. The first-order valence-electron chi connectivity index (χ1n) is 12.5. The van der Waals surface area contributed by atoms with Crippen molar-refractivity contribution in [3.8, 4) is 5.75 Å². The maximum atomic E-state index is 10.4. The normalized spacial score (nSPS) is 21.5. The zero-order valence-electron chi connectivity index (χ0n) is 20.2. The fraction of sp³-hybridized carbons (Fsp3) is 0.586. The molecule has 3 nitrogen and oxygen atoms in total. The molecule has 0 radical (unpaired) electrons. The van der Waals surface area contributed by atoms with Gasteiger partial charge in [-0.2, -0.15) is 0 Å². The molecule has 3 atom stereocenters. The van der Waals surface area contributed by atoms with E-state index in [0.29, 0.717) is 13.0 Å². The number of hydrogen-bond donors (Lipinski definition) is 2. The minimum absolute atomic E-state index is 0.0941. The summed E-state index contributed by atoms with van der Waals surface area (Å²) in [5, 5.41) is 20.1. The van der Waals surface area contributed by atoms with Crippen molar-refractivity contribution in [2.45, 2.75) is 96.2 Å². The lowest BCUT2D eigenvalue weighted by atomic mass is 9.75. The van der Waals surface area contributed by atoms with Gasteiger partial charge < -0.3 is 14.9 Å². The van der Waals surface area contributed by atoms with Crippen LogP contribution < -0.4 is 4.74 Å². The molecule has 32 heavy (non-hydrogen) atoms. The van der Waals surface area contributed by atoms with Crippen molar-refractivity contribution in [2.24, 2.45) is 5.92 Å². The predicted octanol–water partition coefficient (Wildman–Crippen LogP) is 6.75. The Morgan fingerprint density at radius 2 is 1.75 bits per heavy atom. The van der Waals surface area contributed by atoms with E-state index in [1.807, 2.05) is 18.2 Å². The summed E-state index contributed by atoms with van der Waals surface area (Å²) < 4.78 is 6.42. The summed E-state index contributed by atoms with van der Waals surface area (Å²) in [5.41, 5.74) is 3.73. The number of benzene rings is 2. The van der Waals surface area contributed by atoms with Crippen LogP contribution in [-0.4, -0.2) is 22.9 Å². The molecule has 0 aromatic heterocycles. The van der Waals surface area contributed by atoms with Crippen molar-refractivity contribution in [2.75, 3.05) is 6.61 Å². The van der Waals surface area contributed by atoms with Gasteiger partial charge >= 0.3 is 0 Å². The van der Waals surface area contributed by atoms with Crippen molar-refractivity contribution >= 4 is 0 Å². The molecule has 2 N–H and O–H groups in total. The maximum absolute atomic E-state index is 10.4. The van der Waals surface area contributed by atoms with Crippen molar-refractivity contribution < 1.29 is 14.9 Å². The van der Waals surface area contributed by atoms with Crippen LogP contribution >= 0.6 is 0 Å². The summed E-state index contributed by atoms with van der Waals surface area (Å²) in [6, 6.07) is 17.0. The van der Waals surface area contributed by atoms with Crippen molar-refractivity contribution in [3.63, 3.8) is 0 Å². The van der Waals surface area contributed by atoms with Crippen LogP contribution in [0.4, 0.5) is 0 Å². The average molecular weight is 439 g/mol. The van der Waals surface area contributed by atoms with Crippen LogP contribution in [0, 0.1) is 5.92 Å². The molecular formula is C29H42O3. The molecule has 0 heterocycles. The van der Waals surface area contributed by atoms with Gasteiger partial charge in [0.15, 0.2) is 0 Å². The number of aliphatic hydroxyl groups is 2. The third-order valence-corrected chi connectivity index (χ3v) is 7.17. The number of unbranched alkanes of at least 4 members (excludes halogenated alkanes) is 3. The molecule has 0 saturated heterocycles. The maximum Gasteiger partial charge on any atom is 0.123 e. The molecule has 3 heteroatoms. The lowest BCUT2D eigenvalue weighted by Gasteiger charge is -2.33. The third kappa shape index (κ3) is 6.83. The van der Waals surface area contributed by atoms with Crippen molar-refractivity contribution in [3.05, 3.63) is 65.2 Å². The number of hydrogen-bond acceptors (Lipinski definition) is 3. The van der Waals surface area contributed by atoms with E-state index < -0.39 is 0 Å². The molecule has 0 aliphatic heterocycles. The van der Waals surface area contributed by atoms with Gasteiger partial charge in [-0.3, -0.25) is 0 Å². The monoisotopic (exact) mass is 438 g/mol. The Hall–Kier alpha value is -1.84. The Kier molecular flexibility index (Phi) is 9.19. The number of aliphatic hydroxyl groups excluding tert-OH is 2. The zero-order chi connectivity index (χ0) is 23.0. The highest BCUT2D eigenvalue weighted by Crippen LogP contribution is 2.42. The Morgan fingerprint density at radius 1 is 0.969 bits per heavy atom. The molecule has 3 unspecified atom stereocenters. The lowest BCUT2D eigenvalue weighted by Crippen LogP contribution is -2.27. The van der Waals surface area contributed by atoms with Gasteiger partial charge in [-0.25, -0.2) is 0 Å². The van der Waals surface area contributed by atoms with E-state index in [0.717, 1.165) is 24.2 Å². The van der Waals surface area contributed by atoms with E-state index >= 15 is 0 Å². The van der Waals surface area contributed by atoms with Gasteiger partial charge in [0, 0.05) is 6.61 Å².